The summed E-state index contributed by atoms with van der Waals surface area (Å²) in [5, 5.41) is 13.4. The zero-order valence-corrected chi connectivity index (χ0v) is 17.3. The topological polar surface area (TPSA) is 78.4 Å². The third-order valence-corrected chi connectivity index (χ3v) is 5.64. The number of nitrogens with zero attached hydrogens (tertiary/aromatic N) is 3. The molecule has 2 aromatic heterocycles. The quantitative estimate of drug-likeness (QED) is 0.612. The van der Waals surface area contributed by atoms with Gasteiger partial charge in [0.25, 0.3) is 0 Å². The normalized spacial score (nSPS) is 10.7. The molecule has 0 atom stereocenters. The number of aromatic nitrogens is 2. The van der Waals surface area contributed by atoms with Crippen LogP contribution in [0.15, 0.2) is 36.4 Å². The third kappa shape index (κ3) is 4.48. The summed E-state index contributed by atoms with van der Waals surface area (Å²) in [5.74, 6) is 0.659. The second-order valence-electron chi connectivity index (χ2n) is 6.74. The van der Waals surface area contributed by atoms with Gasteiger partial charge in [0.2, 0.25) is 0 Å². The lowest BCUT2D eigenvalue weighted by molar-refractivity contribution is -0.136. The fourth-order valence-electron chi connectivity index (χ4n) is 2.94. The van der Waals surface area contributed by atoms with Crippen molar-refractivity contribution in [2.45, 2.75) is 26.7 Å². The van der Waals surface area contributed by atoms with Crippen LogP contribution in [-0.2, 0) is 17.6 Å². The standard InChI is InChI=1S/C21H24N4O2S/c1-5-16-13(2)22-21(17-10-11-18(28-17)25(3)4)24-20(16)23-15-8-6-14(7-9-15)12-19(26)27/h6-11H,5,12H2,1-4H3,(H,26,27)(H,22,23,24). The van der Waals surface area contributed by atoms with Crippen LogP contribution in [0.1, 0.15) is 23.7 Å². The minimum atomic E-state index is -0.835. The Balaban J connectivity index is 1.92. The average Bonchev–Trinajstić information content (AvgIpc) is 3.13. The molecule has 0 saturated carbocycles. The highest BCUT2D eigenvalue weighted by atomic mass is 32.1. The average molecular weight is 397 g/mol. The molecule has 0 saturated heterocycles. The number of carboxylic acids is 1. The SMILES string of the molecule is CCc1c(C)nc(-c2ccc(N(C)C)s2)nc1Nc1ccc(CC(=O)O)cc1. The second-order valence-corrected chi connectivity index (χ2v) is 7.80. The predicted octanol–water partition coefficient (Wildman–Crippen LogP) is 4.51. The smallest absolute Gasteiger partial charge is 0.307 e. The zero-order valence-electron chi connectivity index (χ0n) is 16.5. The molecule has 0 aliphatic heterocycles. The Morgan fingerprint density at radius 3 is 2.43 bits per heavy atom. The largest absolute Gasteiger partial charge is 0.481 e. The molecule has 0 aliphatic rings. The number of rotatable bonds is 7. The minimum Gasteiger partial charge on any atom is -0.481 e. The Bertz CT molecular complexity index is 981. The van der Waals surface area contributed by atoms with Gasteiger partial charge in [-0.1, -0.05) is 19.1 Å². The summed E-state index contributed by atoms with van der Waals surface area (Å²) >= 11 is 1.66. The zero-order chi connectivity index (χ0) is 20.3. The van der Waals surface area contributed by atoms with Gasteiger partial charge in [0.05, 0.1) is 16.3 Å². The first-order chi connectivity index (χ1) is 13.4. The summed E-state index contributed by atoms with van der Waals surface area (Å²) in [6.45, 7) is 4.09. The summed E-state index contributed by atoms with van der Waals surface area (Å²) in [5.41, 5.74) is 3.66. The summed E-state index contributed by atoms with van der Waals surface area (Å²) in [6.07, 6.45) is 0.836. The van der Waals surface area contributed by atoms with Crippen molar-refractivity contribution in [3.63, 3.8) is 0 Å². The molecule has 3 aromatic rings. The summed E-state index contributed by atoms with van der Waals surface area (Å²) in [4.78, 5) is 23.4. The van der Waals surface area contributed by atoms with E-state index in [1.165, 1.54) is 0 Å². The first-order valence-electron chi connectivity index (χ1n) is 9.10. The molecule has 0 bridgehead atoms. The van der Waals surface area contributed by atoms with E-state index in [4.69, 9.17) is 15.1 Å². The van der Waals surface area contributed by atoms with Gasteiger partial charge in [-0.2, -0.15) is 0 Å². The molecule has 0 amide bonds. The fourth-order valence-corrected chi connectivity index (χ4v) is 3.80. The first kappa shape index (κ1) is 19.8. The number of thiophene rings is 1. The Morgan fingerprint density at radius 1 is 1.14 bits per heavy atom. The van der Waals surface area contributed by atoms with E-state index in [2.05, 4.69) is 23.2 Å². The number of hydrogen-bond acceptors (Lipinski definition) is 6. The highest BCUT2D eigenvalue weighted by Gasteiger charge is 2.14. The van der Waals surface area contributed by atoms with Crippen LogP contribution in [0, 0.1) is 6.92 Å². The van der Waals surface area contributed by atoms with Gasteiger partial charge in [-0.25, -0.2) is 9.97 Å². The van der Waals surface area contributed by atoms with Crippen molar-refractivity contribution in [1.29, 1.82) is 0 Å². The van der Waals surface area contributed by atoms with Crippen molar-refractivity contribution < 1.29 is 9.90 Å². The van der Waals surface area contributed by atoms with Crippen molar-refractivity contribution in [2.24, 2.45) is 0 Å². The van der Waals surface area contributed by atoms with E-state index in [-0.39, 0.29) is 6.42 Å². The van der Waals surface area contributed by atoms with E-state index in [1.54, 1.807) is 11.3 Å². The Kier molecular flexibility index (Phi) is 5.94. The molecule has 6 nitrogen and oxygen atoms in total. The van der Waals surface area contributed by atoms with Gasteiger partial charge in [-0.05, 0) is 43.2 Å². The van der Waals surface area contributed by atoms with Crippen LogP contribution in [0.4, 0.5) is 16.5 Å². The number of carboxylic acid groups (broad SMARTS) is 1. The summed E-state index contributed by atoms with van der Waals surface area (Å²) < 4.78 is 0. The van der Waals surface area contributed by atoms with Gasteiger partial charge < -0.3 is 15.3 Å². The van der Waals surface area contributed by atoms with Crippen LogP contribution in [0.25, 0.3) is 10.7 Å². The molecule has 28 heavy (non-hydrogen) atoms. The molecule has 1 aromatic carbocycles. The second kappa shape index (κ2) is 8.39. The lowest BCUT2D eigenvalue weighted by atomic mass is 10.1. The van der Waals surface area contributed by atoms with Gasteiger partial charge in [0.1, 0.15) is 5.82 Å². The number of hydrogen-bond donors (Lipinski definition) is 2. The Labute approximate surface area is 168 Å². The maximum absolute atomic E-state index is 10.8. The summed E-state index contributed by atoms with van der Waals surface area (Å²) in [7, 11) is 4.03. The van der Waals surface area contributed by atoms with Crippen LogP contribution in [0.2, 0.25) is 0 Å². The van der Waals surface area contributed by atoms with Crippen molar-refractivity contribution in [3.8, 4) is 10.7 Å². The molecule has 2 heterocycles. The van der Waals surface area contributed by atoms with Crippen molar-refractivity contribution in [3.05, 3.63) is 53.2 Å². The van der Waals surface area contributed by atoms with E-state index < -0.39 is 5.97 Å². The number of nitrogens with one attached hydrogen (secondary N) is 1. The van der Waals surface area contributed by atoms with E-state index in [0.29, 0.717) is 5.82 Å². The molecule has 2 N–H and O–H groups in total. The van der Waals surface area contributed by atoms with E-state index in [0.717, 1.165) is 44.6 Å². The minimum absolute atomic E-state index is 0.0177. The molecule has 146 valence electrons. The Morgan fingerprint density at radius 2 is 1.86 bits per heavy atom. The maximum atomic E-state index is 10.8. The van der Waals surface area contributed by atoms with Gasteiger partial charge in [-0.3, -0.25) is 4.79 Å². The monoisotopic (exact) mass is 396 g/mol. The first-order valence-corrected chi connectivity index (χ1v) is 9.91. The lowest BCUT2D eigenvalue weighted by Crippen LogP contribution is -2.06. The van der Waals surface area contributed by atoms with Gasteiger partial charge in [0.15, 0.2) is 5.82 Å². The van der Waals surface area contributed by atoms with Crippen molar-refractivity contribution in [2.75, 3.05) is 24.3 Å². The molecular weight excluding hydrogens is 372 g/mol. The molecular formula is C21H24N4O2S. The molecule has 0 fully saturated rings. The number of aryl methyl sites for hydroxylation is 1. The molecule has 0 aliphatic carbocycles. The van der Waals surface area contributed by atoms with E-state index in [9.17, 15) is 4.79 Å². The highest BCUT2D eigenvalue weighted by molar-refractivity contribution is 7.19. The van der Waals surface area contributed by atoms with E-state index >= 15 is 0 Å². The molecule has 0 radical (unpaired) electrons. The van der Waals surface area contributed by atoms with Crippen LogP contribution in [0.3, 0.4) is 0 Å². The number of anilines is 3. The molecule has 3 rings (SSSR count). The molecule has 7 heteroatoms. The number of benzene rings is 1. The van der Waals surface area contributed by atoms with Gasteiger partial charge in [0, 0.05) is 31.0 Å². The maximum Gasteiger partial charge on any atom is 0.307 e. The van der Waals surface area contributed by atoms with Gasteiger partial charge >= 0.3 is 5.97 Å². The summed E-state index contributed by atoms with van der Waals surface area (Å²) in [6, 6.07) is 11.5. The van der Waals surface area contributed by atoms with Crippen molar-refractivity contribution >= 4 is 33.8 Å². The van der Waals surface area contributed by atoms with Crippen LogP contribution < -0.4 is 10.2 Å². The third-order valence-electron chi connectivity index (χ3n) is 4.39. The van der Waals surface area contributed by atoms with Crippen LogP contribution >= 0.6 is 11.3 Å². The number of aliphatic carboxylic acids is 1. The lowest BCUT2D eigenvalue weighted by Gasteiger charge is -2.14. The van der Waals surface area contributed by atoms with Crippen molar-refractivity contribution in [1.82, 2.24) is 9.97 Å². The van der Waals surface area contributed by atoms with Gasteiger partial charge in [-0.15, -0.1) is 11.3 Å². The fraction of sp³-hybridized carbons (Fsp3) is 0.286. The van der Waals surface area contributed by atoms with Crippen LogP contribution in [-0.4, -0.2) is 35.1 Å². The highest BCUT2D eigenvalue weighted by Crippen LogP contribution is 2.33. The number of carbonyl (C=O) groups is 1. The Hall–Kier alpha value is -2.93. The van der Waals surface area contributed by atoms with Crippen LogP contribution in [0.5, 0.6) is 0 Å². The predicted molar refractivity (Wildman–Crippen MR) is 115 cm³/mol. The van der Waals surface area contributed by atoms with E-state index in [1.807, 2.05) is 51.4 Å². The molecule has 0 spiro atoms. The molecule has 0 unspecified atom stereocenters.